The minimum Gasteiger partial charge on any atom is -0.716 e. The van der Waals surface area contributed by atoms with Gasteiger partial charge in [0.05, 0.1) is 5.56 Å². The fraction of sp³-hybridized carbons (Fsp3) is 0. The maximum atomic E-state index is 10.9. The molecule has 5 nitrogen and oxygen atoms in total. The monoisotopic (exact) mass is 224 g/mol. The molecule has 0 spiro atoms. The maximum Gasteiger partial charge on any atom is 1.00 e. The molecule has 70 valence electrons. The first-order valence-corrected chi connectivity index (χ1v) is 4.57. The van der Waals surface area contributed by atoms with Crippen molar-refractivity contribution in [3.63, 3.8) is 0 Å². The summed E-state index contributed by atoms with van der Waals surface area (Å²) in [7, 11) is -4.97. The Morgan fingerprint density at radius 1 is 1.21 bits per heavy atom. The third kappa shape index (κ3) is 4.73. The Bertz CT molecular complexity index is 399. The Balaban J connectivity index is 0.00000169. The molecule has 0 fully saturated rings. The summed E-state index contributed by atoms with van der Waals surface area (Å²) in [5, 5.41) is 0. The minimum atomic E-state index is -4.97. The topological polar surface area (TPSA) is 83.5 Å². The van der Waals surface area contributed by atoms with E-state index in [-0.39, 0.29) is 35.1 Å². The van der Waals surface area contributed by atoms with E-state index in [1.165, 1.54) is 24.3 Å². The van der Waals surface area contributed by atoms with Crippen LogP contribution in [0.4, 0.5) is 0 Å². The van der Waals surface area contributed by atoms with Crippen molar-refractivity contribution in [1.29, 1.82) is 0 Å². The fourth-order valence-electron chi connectivity index (χ4n) is 0.715. The molecule has 7 heteroatoms. The van der Waals surface area contributed by atoms with Crippen molar-refractivity contribution in [2.45, 2.75) is 0 Å². The molecule has 0 aromatic heterocycles. The second kappa shape index (κ2) is 5.47. The van der Waals surface area contributed by atoms with Crippen LogP contribution < -0.4 is 29.6 Å². The summed E-state index contributed by atoms with van der Waals surface area (Å²) < 4.78 is 33.7. The van der Waals surface area contributed by atoms with E-state index in [2.05, 4.69) is 4.18 Å². The average molecular weight is 224 g/mol. The van der Waals surface area contributed by atoms with Gasteiger partial charge in [-0.05, 0) is 12.1 Å². The minimum absolute atomic E-state index is 0. The third-order valence-corrected chi connectivity index (χ3v) is 1.54. The van der Waals surface area contributed by atoms with Gasteiger partial charge >= 0.3 is 35.5 Å². The Kier molecular flexibility index (Phi) is 5.32. The number of rotatable bonds is 2. The normalized spacial score (nSPS) is 10.1. The first-order chi connectivity index (χ1) is 5.99. The van der Waals surface area contributed by atoms with Gasteiger partial charge in [-0.15, -0.1) is 0 Å². The molecule has 0 aliphatic heterocycles. The number of benzene rings is 1. The molecule has 0 radical (unpaired) electrons. The molecular weight excluding hydrogens is 219 g/mol. The van der Waals surface area contributed by atoms with Crippen molar-refractivity contribution in [3.05, 3.63) is 35.9 Å². The van der Waals surface area contributed by atoms with Gasteiger partial charge < -0.3 is 8.74 Å². The van der Waals surface area contributed by atoms with Gasteiger partial charge in [0.1, 0.15) is 0 Å². The summed E-state index contributed by atoms with van der Waals surface area (Å²) in [4.78, 5) is 10.9. The van der Waals surface area contributed by atoms with Crippen LogP contribution >= 0.6 is 0 Å². The van der Waals surface area contributed by atoms with E-state index in [0.29, 0.717) is 0 Å². The molecule has 0 atom stereocenters. The fourth-order valence-corrected chi connectivity index (χ4v) is 0.997. The Labute approximate surface area is 103 Å². The molecule has 14 heavy (non-hydrogen) atoms. The summed E-state index contributed by atoms with van der Waals surface area (Å²) in [6.45, 7) is 0. The van der Waals surface area contributed by atoms with Gasteiger partial charge in [0.15, 0.2) is 0 Å². The Morgan fingerprint density at radius 2 is 1.71 bits per heavy atom. The predicted octanol–water partition coefficient (Wildman–Crippen LogP) is -2.69. The van der Waals surface area contributed by atoms with Crippen LogP contribution in [0.3, 0.4) is 0 Å². The van der Waals surface area contributed by atoms with Crippen molar-refractivity contribution >= 4 is 16.4 Å². The Morgan fingerprint density at radius 3 is 2.14 bits per heavy atom. The van der Waals surface area contributed by atoms with Crippen LogP contribution in [0.15, 0.2) is 30.3 Å². The smallest absolute Gasteiger partial charge is 0.716 e. The molecule has 0 N–H and O–H groups in total. The van der Waals surface area contributed by atoms with Crippen molar-refractivity contribution in [2.75, 3.05) is 0 Å². The van der Waals surface area contributed by atoms with Crippen LogP contribution in [0.2, 0.25) is 0 Å². The summed E-state index contributed by atoms with van der Waals surface area (Å²) in [6.07, 6.45) is 0. The van der Waals surface area contributed by atoms with E-state index >= 15 is 0 Å². The van der Waals surface area contributed by atoms with Gasteiger partial charge in [0.2, 0.25) is 0 Å². The van der Waals surface area contributed by atoms with Gasteiger partial charge in [-0.25, -0.2) is 13.2 Å². The number of hydrogen-bond acceptors (Lipinski definition) is 5. The van der Waals surface area contributed by atoms with Gasteiger partial charge in [-0.1, -0.05) is 18.2 Å². The maximum absolute atomic E-state index is 10.9. The van der Waals surface area contributed by atoms with Crippen molar-refractivity contribution in [1.82, 2.24) is 0 Å². The van der Waals surface area contributed by atoms with E-state index in [0.717, 1.165) is 0 Å². The molecule has 0 saturated heterocycles. The SMILES string of the molecule is O=C(OS(=O)(=O)[O-])c1ccccc1.[Na+]. The molecule has 0 bridgehead atoms. The molecule has 0 aliphatic carbocycles. The molecule has 0 aliphatic rings. The number of carbonyl (C=O) groups is 1. The van der Waals surface area contributed by atoms with Gasteiger partial charge in [0, 0.05) is 0 Å². The molecule has 0 amide bonds. The average Bonchev–Trinajstić information content (AvgIpc) is 2.03. The van der Waals surface area contributed by atoms with Crippen LogP contribution in [-0.4, -0.2) is 18.9 Å². The van der Waals surface area contributed by atoms with E-state index in [4.69, 9.17) is 0 Å². The Hall–Kier alpha value is -0.400. The zero-order chi connectivity index (χ0) is 9.90. The zero-order valence-corrected chi connectivity index (χ0v) is 10.2. The number of carbonyl (C=O) groups excluding carboxylic acids is 1. The van der Waals surface area contributed by atoms with Crippen LogP contribution in [0.1, 0.15) is 10.4 Å². The van der Waals surface area contributed by atoms with E-state index in [1.54, 1.807) is 6.07 Å². The summed E-state index contributed by atoms with van der Waals surface area (Å²) in [6, 6.07) is 7.37. The first-order valence-electron chi connectivity index (χ1n) is 3.24. The quantitative estimate of drug-likeness (QED) is 0.310. The summed E-state index contributed by atoms with van der Waals surface area (Å²) in [5.41, 5.74) is 0.0157. The second-order valence-corrected chi connectivity index (χ2v) is 3.13. The molecule has 0 unspecified atom stereocenters. The van der Waals surface area contributed by atoms with Gasteiger partial charge in [-0.3, -0.25) is 0 Å². The summed E-state index contributed by atoms with van der Waals surface area (Å²) >= 11 is 0. The largest absolute Gasteiger partial charge is 1.00 e. The summed E-state index contributed by atoms with van der Waals surface area (Å²) in [5.74, 6) is -1.17. The van der Waals surface area contributed by atoms with Crippen molar-refractivity contribution in [3.8, 4) is 0 Å². The van der Waals surface area contributed by atoms with E-state index in [9.17, 15) is 17.8 Å². The molecule has 1 aromatic rings. The second-order valence-electron chi connectivity index (χ2n) is 2.15. The molecule has 1 aromatic carbocycles. The number of hydrogen-bond donors (Lipinski definition) is 0. The van der Waals surface area contributed by atoms with Crippen LogP contribution in [0, 0.1) is 0 Å². The molecule has 0 heterocycles. The van der Waals surface area contributed by atoms with Crippen molar-refractivity contribution < 1.29 is 51.5 Å². The van der Waals surface area contributed by atoms with Gasteiger partial charge in [0.25, 0.3) is 10.4 Å². The molecule has 0 saturated carbocycles. The van der Waals surface area contributed by atoms with E-state index < -0.39 is 16.4 Å². The van der Waals surface area contributed by atoms with Crippen LogP contribution in [0.25, 0.3) is 0 Å². The van der Waals surface area contributed by atoms with Crippen LogP contribution in [0.5, 0.6) is 0 Å². The van der Waals surface area contributed by atoms with E-state index in [1.807, 2.05) is 0 Å². The molecule has 1 rings (SSSR count). The third-order valence-electron chi connectivity index (χ3n) is 1.19. The zero-order valence-electron chi connectivity index (χ0n) is 7.34. The molecular formula is C7H5NaO5S. The van der Waals surface area contributed by atoms with Crippen molar-refractivity contribution in [2.24, 2.45) is 0 Å². The van der Waals surface area contributed by atoms with Gasteiger partial charge in [-0.2, -0.15) is 0 Å². The predicted molar refractivity (Wildman–Crippen MR) is 41.6 cm³/mol. The van der Waals surface area contributed by atoms with Crippen LogP contribution in [-0.2, 0) is 14.6 Å². The first kappa shape index (κ1) is 13.6. The standard InChI is InChI=1S/C7H6O5S.Na/c8-7(12-13(9,10)11)6-4-2-1-3-5-6;/h1-5H,(H,9,10,11);/q;+1/p-1.